The number of alkyl halides is 2. The van der Waals surface area contributed by atoms with Crippen LogP contribution in [0.4, 0.5) is 8.78 Å². The first-order valence-electron chi connectivity index (χ1n) is 9.28. The number of amides is 1. The second-order valence-corrected chi connectivity index (χ2v) is 6.64. The normalized spacial score (nSPS) is 16.0. The molecule has 1 atom stereocenters. The molecular weight excluding hydrogens is 366 g/mol. The molecule has 1 fully saturated rings. The Morgan fingerprint density at radius 1 is 1.07 bits per heavy atom. The van der Waals surface area contributed by atoms with Gasteiger partial charge < -0.3 is 14.8 Å². The zero-order valence-corrected chi connectivity index (χ0v) is 15.5. The largest absolute Gasteiger partial charge is 0.435 e. The number of hydrogen-bond donors (Lipinski definition) is 1. The molecule has 3 rings (SSSR count). The van der Waals surface area contributed by atoms with Gasteiger partial charge in [-0.05, 0) is 23.3 Å². The number of hydrogen-bond acceptors (Lipinski definition) is 4. The van der Waals surface area contributed by atoms with Gasteiger partial charge in [0.05, 0.1) is 25.7 Å². The number of rotatable bonds is 8. The fraction of sp³-hybridized carbons (Fsp3) is 0.381. The van der Waals surface area contributed by atoms with Crippen molar-refractivity contribution in [3.05, 3.63) is 65.7 Å². The number of ether oxygens (including phenoxy) is 2. The Bertz CT molecular complexity index is 735. The molecule has 0 aliphatic carbocycles. The topological polar surface area (TPSA) is 50.8 Å². The predicted molar refractivity (Wildman–Crippen MR) is 101 cm³/mol. The third kappa shape index (κ3) is 6.28. The first kappa shape index (κ1) is 20.2. The van der Waals surface area contributed by atoms with Crippen LogP contribution in [0.15, 0.2) is 54.6 Å². The fourth-order valence-electron chi connectivity index (χ4n) is 3.18. The van der Waals surface area contributed by atoms with Gasteiger partial charge in [0.25, 0.3) is 0 Å². The molecule has 0 radical (unpaired) electrons. The first-order chi connectivity index (χ1) is 13.6. The summed E-state index contributed by atoms with van der Waals surface area (Å²) in [5.74, 6) is -0.0433. The molecule has 5 nitrogen and oxygen atoms in total. The zero-order chi connectivity index (χ0) is 19.8. The summed E-state index contributed by atoms with van der Waals surface area (Å²) in [5.41, 5.74) is 1.78. The van der Waals surface area contributed by atoms with E-state index in [1.807, 2.05) is 30.3 Å². The van der Waals surface area contributed by atoms with Gasteiger partial charge in [-0.25, -0.2) is 0 Å². The molecule has 150 valence electrons. The van der Waals surface area contributed by atoms with E-state index in [-0.39, 0.29) is 24.1 Å². The summed E-state index contributed by atoms with van der Waals surface area (Å²) >= 11 is 0. The summed E-state index contributed by atoms with van der Waals surface area (Å²) in [4.78, 5) is 14.9. The number of nitrogens with zero attached hydrogens (tertiary/aromatic N) is 1. The summed E-state index contributed by atoms with van der Waals surface area (Å²) in [6.45, 7) is 0.918. The Morgan fingerprint density at radius 2 is 1.75 bits per heavy atom. The van der Waals surface area contributed by atoms with E-state index < -0.39 is 6.61 Å². The van der Waals surface area contributed by atoms with E-state index in [1.165, 1.54) is 12.1 Å². The lowest BCUT2D eigenvalue weighted by Crippen LogP contribution is -2.43. The summed E-state index contributed by atoms with van der Waals surface area (Å²) in [7, 11) is 0. The Kier molecular flexibility index (Phi) is 7.33. The van der Waals surface area contributed by atoms with E-state index >= 15 is 0 Å². The highest BCUT2D eigenvalue weighted by molar-refractivity contribution is 5.79. The SMILES string of the molecule is O=C(Cc1ccc(OC(F)F)cc1)NC(CN1CCOCC1)c1ccccc1. The monoisotopic (exact) mass is 390 g/mol. The number of carbonyl (C=O) groups is 1. The van der Waals surface area contributed by atoms with Crippen molar-refractivity contribution in [1.82, 2.24) is 10.2 Å². The molecule has 0 spiro atoms. The number of morpholine rings is 1. The van der Waals surface area contributed by atoms with Gasteiger partial charge in [-0.2, -0.15) is 8.78 Å². The number of benzene rings is 2. The Balaban J connectivity index is 1.61. The molecule has 1 heterocycles. The molecule has 1 aliphatic heterocycles. The summed E-state index contributed by atoms with van der Waals surface area (Å²) in [5, 5.41) is 3.10. The molecule has 1 aliphatic rings. The van der Waals surface area contributed by atoms with Crippen LogP contribution in [-0.2, 0) is 16.0 Å². The van der Waals surface area contributed by atoms with Gasteiger partial charge in [0.2, 0.25) is 5.91 Å². The van der Waals surface area contributed by atoms with Crippen LogP contribution in [-0.4, -0.2) is 50.3 Å². The van der Waals surface area contributed by atoms with Gasteiger partial charge in [-0.15, -0.1) is 0 Å². The maximum absolute atomic E-state index is 12.6. The smallest absolute Gasteiger partial charge is 0.387 e. The Hall–Kier alpha value is -2.51. The van der Waals surface area contributed by atoms with Crippen molar-refractivity contribution in [1.29, 1.82) is 0 Å². The molecule has 0 saturated carbocycles. The molecule has 28 heavy (non-hydrogen) atoms. The zero-order valence-electron chi connectivity index (χ0n) is 15.5. The van der Waals surface area contributed by atoms with Crippen LogP contribution in [0.5, 0.6) is 5.75 Å². The minimum Gasteiger partial charge on any atom is -0.435 e. The van der Waals surface area contributed by atoms with E-state index in [1.54, 1.807) is 12.1 Å². The third-order valence-corrected chi connectivity index (χ3v) is 4.59. The molecular formula is C21H24F2N2O3. The van der Waals surface area contributed by atoms with Crippen molar-refractivity contribution in [3.63, 3.8) is 0 Å². The maximum Gasteiger partial charge on any atom is 0.387 e. The quantitative estimate of drug-likeness (QED) is 0.753. The van der Waals surface area contributed by atoms with E-state index in [9.17, 15) is 13.6 Å². The molecule has 1 N–H and O–H groups in total. The highest BCUT2D eigenvalue weighted by Crippen LogP contribution is 2.17. The van der Waals surface area contributed by atoms with Crippen molar-refractivity contribution < 1.29 is 23.0 Å². The van der Waals surface area contributed by atoms with Gasteiger partial charge in [0, 0.05) is 19.6 Å². The van der Waals surface area contributed by atoms with Crippen LogP contribution >= 0.6 is 0 Å². The Labute approximate surface area is 163 Å². The average Bonchev–Trinajstić information content (AvgIpc) is 2.70. The summed E-state index contributed by atoms with van der Waals surface area (Å²) in [6, 6.07) is 15.9. The molecule has 1 unspecified atom stereocenters. The van der Waals surface area contributed by atoms with E-state index in [0.717, 1.165) is 24.2 Å². The van der Waals surface area contributed by atoms with Crippen LogP contribution < -0.4 is 10.1 Å². The van der Waals surface area contributed by atoms with Crippen molar-refractivity contribution in [2.45, 2.75) is 19.1 Å². The average molecular weight is 390 g/mol. The third-order valence-electron chi connectivity index (χ3n) is 4.59. The van der Waals surface area contributed by atoms with Crippen molar-refractivity contribution in [2.75, 3.05) is 32.8 Å². The standard InChI is InChI=1S/C21H24F2N2O3/c22-21(23)28-18-8-6-16(7-9-18)14-20(26)24-19(17-4-2-1-3-5-17)15-25-10-12-27-13-11-25/h1-9,19,21H,10-15H2,(H,24,26). The highest BCUT2D eigenvalue weighted by Gasteiger charge is 2.20. The second kappa shape index (κ2) is 10.1. The van der Waals surface area contributed by atoms with Gasteiger partial charge in [0.15, 0.2) is 0 Å². The van der Waals surface area contributed by atoms with Crippen molar-refractivity contribution in [3.8, 4) is 5.75 Å². The molecule has 2 aromatic rings. The predicted octanol–water partition coefficient (Wildman–Crippen LogP) is 3.02. The van der Waals surface area contributed by atoms with Crippen molar-refractivity contribution >= 4 is 5.91 Å². The number of nitrogens with one attached hydrogen (secondary N) is 1. The number of carbonyl (C=O) groups excluding carboxylic acids is 1. The van der Waals surface area contributed by atoms with E-state index in [0.29, 0.717) is 19.8 Å². The fourth-order valence-corrected chi connectivity index (χ4v) is 3.18. The second-order valence-electron chi connectivity index (χ2n) is 6.64. The van der Waals surface area contributed by atoms with Crippen LogP contribution in [0.3, 0.4) is 0 Å². The van der Waals surface area contributed by atoms with Gasteiger partial charge in [-0.1, -0.05) is 42.5 Å². The minimum absolute atomic E-state index is 0.0774. The summed E-state index contributed by atoms with van der Waals surface area (Å²) in [6.07, 6.45) is 0.168. The lowest BCUT2D eigenvalue weighted by Gasteiger charge is -2.31. The van der Waals surface area contributed by atoms with Crippen LogP contribution in [0, 0.1) is 0 Å². The molecule has 7 heteroatoms. The highest BCUT2D eigenvalue weighted by atomic mass is 19.3. The van der Waals surface area contributed by atoms with Crippen LogP contribution in [0.1, 0.15) is 17.2 Å². The maximum atomic E-state index is 12.6. The molecule has 1 amide bonds. The van der Waals surface area contributed by atoms with Crippen LogP contribution in [0.25, 0.3) is 0 Å². The lowest BCUT2D eigenvalue weighted by molar-refractivity contribution is -0.121. The molecule has 1 saturated heterocycles. The first-order valence-corrected chi connectivity index (χ1v) is 9.28. The van der Waals surface area contributed by atoms with Gasteiger partial charge >= 0.3 is 6.61 Å². The molecule has 0 aromatic heterocycles. The minimum atomic E-state index is -2.86. The van der Waals surface area contributed by atoms with Gasteiger partial charge in [0.1, 0.15) is 5.75 Å². The van der Waals surface area contributed by atoms with Gasteiger partial charge in [-0.3, -0.25) is 9.69 Å². The number of halogens is 2. The van der Waals surface area contributed by atoms with Crippen molar-refractivity contribution in [2.24, 2.45) is 0 Å². The van der Waals surface area contributed by atoms with E-state index in [2.05, 4.69) is 15.0 Å². The molecule has 0 bridgehead atoms. The molecule has 2 aromatic carbocycles. The van der Waals surface area contributed by atoms with E-state index in [4.69, 9.17) is 4.74 Å². The summed E-state index contributed by atoms with van der Waals surface area (Å²) < 4.78 is 34.2. The Morgan fingerprint density at radius 3 is 2.39 bits per heavy atom. The van der Waals surface area contributed by atoms with Crippen LogP contribution in [0.2, 0.25) is 0 Å². The lowest BCUT2D eigenvalue weighted by atomic mass is 10.0.